The summed E-state index contributed by atoms with van der Waals surface area (Å²) in [6, 6.07) is 1.47. The number of fused-ring (bicyclic) bond motifs is 1. The number of hydrogen-bond acceptors (Lipinski definition) is 5. The highest BCUT2D eigenvalue weighted by atomic mass is 32.2. The molecule has 0 amide bonds. The first-order valence-corrected chi connectivity index (χ1v) is 5.35. The number of ether oxygens (including phenoxy) is 2. The van der Waals surface area contributed by atoms with Crippen LogP contribution in [0.3, 0.4) is 0 Å². The molecule has 1 aliphatic heterocycles. The third-order valence-corrected chi connectivity index (χ3v) is 2.70. The van der Waals surface area contributed by atoms with E-state index in [0.717, 1.165) is 0 Å². The monoisotopic (exact) mass is 214 g/mol. The molecule has 0 atom stereocenters. The van der Waals surface area contributed by atoms with Crippen LogP contribution in [0.25, 0.3) is 0 Å². The van der Waals surface area contributed by atoms with Gasteiger partial charge in [0.1, 0.15) is 13.2 Å². The highest BCUT2D eigenvalue weighted by molar-refractivity contribution is 7.98. The van der Waals surface area contributed by atoms with E-state index in [4.69, 9.17) is 9.47 Å². The van der Waals surface area contributed by atoms with E-state index in [9.17, 15) is 10.2 Å². The molecule has 76 valence electrons. The molecule has 5 heteroatoms. The Morgan fingerprint density at radius 2 is 1.86 bits per heavy atom. The molecule has 0 saturated heterocycles. The predicted molar refractivity (Wildman–Crippen MR) is 52.5 cm³/mol. The summed E-state index contributed by atoms with van der Waals surface area (Å²) in [4.78, 5) is 0.576. The lowest BCUT2D eigenvalue weighted by molar-refractivity contribution is 0.159. The third kappa shape index (κ3) is 1.33. The summed E-state index contributed by atoms with van der Waals surface area (Å²) in [7, 11) is 0. The van der Waals surface area contributed by atoms with Gasteiger partial charge in [0.05, 0.1) is 4.90 Å². The van der Waals surface area contributed by atoms with Gasteiger partial charge in [-0.15, -0.1) is 11.8 Å². The van der Waals surface area contributed by atoms with E-state index in [0.29, 0.717) is 18.1 Å². The van der Waals surface area contributed by atoms with Crippen molar-refractivity contribution in [1.82, 2.24) is 0 Å². The van der Waals surface area contributed by atoms with Crippen LogP contribution in [0.2, 0.25) is 0 Å². The summed E-state index contributed by atoms with van der Waals surface area (Å²) in [5.41, 5.74) is 0. The maximum Gasteiger partial charge on any atom is 0.208 e. The summed E-state index contributed by atoms with van der Waals surface area (Å²) in [6.07, 6.45) is 1.81. The van der Waals surface area contributed by atoms with Gasteiger partial charge in [-0.05, 0) is 6.26 Å². The molecule has 0 saturated carbocycles. The van der Waals surface area contributed by atoms with Crippen LogP contribution in [-0.4, -0.2) is 29.7 Å². The average molecular weight is 214 g/mol. The molecule has 0 spiro atoms. The maximum absolute atomic E-state index is 9.72. The van der Waals surface area contributed by atoms with E-state index in [2.05, 4.69) is 0 Å². The number of hydrogen-bond donors (Lipinski definition) is 2. The van der Waals surface area contributed by atoms with Crippen molar-refractivity contribution in [2.24, 2.45) is 0 Å². The number of rotatable bonds is 1. The SMILES string of the molecule is CSc1cc(O)c2c(c1O)OCCO2. The average Bonchev–Trinajstić information content (AvgIpc) is 2.23. The minimum absolute atomic E-state index is 0.00171. The van der Waals surface area contributed by atoms with E-state index in [1.54, 1.807) is 0 Å². The van der Waals surface area contributed by atoms with Gasteiger partial charge >= 0.3 is 0 Å². The van der Waals surface area contributed by atoms with Crippen LogP contribution in [0.4, 0.5) is 0 Å². The van der Waals surface area contributed by atoms with Crippen LogP contribution in [0.5, 0.6) is 23.0 Å². The molecule has 0 aliphatic carbocycles. The molecule has 1 aromatic carbocycles. The lowest BCUT2D eigenvalue weighted by Gasteiger charge is -2.21. The van der Waals surface area contributed by atoms with Gasteiger partial charge in [-0.1, -0.05) is 0 Å². The Morgan fingerprint density at radius 3 is 2.50 bits per heavy atom. The second kappa shape index (κ2) is 3.49. The zero-order valence-corrected chi connectivity index (χ0v) is 8.43. The van der Waals surface area contributed by atoms with Crippen molar-refractivity contribution < 1.29 is 19.7 Å². The quantitative estimate of drug-likeness (QED) is 0.549. The van der Waals surface area contributed by atoms with Gasteiger partial charge in [0.25, 0.3) is 0 Å². The van der Waals surface area contributed by atoms with Crippen molar-refractivity contribution in [3.8, 4) is 23.0 Å². The molecule has 14 heavy (non-hydrogen) atoms. The fraction of sp³-hybridized carbons (Fsp3) is 0.333. The van der Waals surface area contributed by atoms with E-state index in [1.807, 2.05) is 6.26 Å². The first-order chi connectivity index (χ1) is 6.74. The molecular formula is C9H10O4S. The van der Waals surface area contributed by atoms with Crippen LogP contribution in [-0.2, 0) is 0 Å². The van der Waals surface area contributed by atoms with Crippen molar-refractivity contribution in [2.75, 3.05) is 19.5 Å². The Balaban J connectivity index is 2.58. The van der Waals surface area contributed by atoms with Gasteiger partial charge < -0.3 is 19.7 Å². The highest BCUT2D eigenvalue weighted by Gasteiger charge is 2.22. The Hall–Kier alpha value is -1.23. The predicted octanol–water partition coefficient (Wildman–Crippen LogP) is 1.59. The lowest BCUT2D eigenvalue weighted by Crippen LogP contribution is -2.15. The molecular weight excluding hydrogens is 204 g/mol. The van der Waals surface area contributed by atoms with Gasteiger partial charge in [-0.2, -0.15) is 0 Å². The van der Waals surface area contributed by atoms with Crippen LogP contribution < -0.4 is 9.47 Å². The van der Waals surface area contributed by atoms with Crippen LogP contribution in [0.1, 0.15) is 0 Å². The standard InChI is InChI=1S/C9H10O4S/c1-14-6-4-5(10)8-9(7(6)11)13-3-2-12-8/h4,10-11H,2-3H2,1H3. The third-order valence-electron chi connectivity index (χ3n) is 1.95. The minimum atomic E-state index is 0.00171. The number of benzene rings is 1. The molecule has 0 bridgehead atoms. The Morgan fingerprint density at radius 1 is 1.21 bits per heavy atom. The summed E-state index contributed by atoms with van der Waals surface area (Å²) < 4.78 is 10.4. The smallest absolute Gasteiger partial charge is 0.208 e. The first kappa shape index (κ1) is 9.33. The summed E-state index contributed by atoms with van der Waals surface area (Å²) in [6.45, 7) is 0.774. The van der Waals surface area contributed by atoms with Crippen molar-refractivity contribution in [2.45, 2.75) is 4.90 Å². The first-order valence-electron chi connectivity index (χ1n) is 4.12. The van der Waals surface area contributed by atoms with Gasteiger partial charge in [-0.25, -0.2) is 0 Å². The zero-order valence-electron chi connectivity index (χ0n) is 7.61. The van der Waals surface area contributed by atoms with E-state index in [1.165, 1.54) is 17.8 Å². The molecule has 2 N–H and O–H groups in total. The topological polar surface area (TPSA) is 58.9 Å². The van der Waals surface area contributed by atoms with E-state index >= 15 is 0 Å². The lowest BCUT2D eigenvalue weighted by atomic mass is 10.2. The molecule has 4 nitrogen and oxygen atoms in total. The normalized spacial score (nSPS) is 14.1. The Bertz CT molecular complexity index is 364. The van der Waals surface area contributed by atoms with Crippen LogP contribution in [0.15, 0.2) is 11.0 Å². The number of aromatic hydroxyl groups is 2. The van der Waals surface area contributed by atoms with Crippen molar-refractivity contribution in [1.29, 1.82) is 0 Å². The van der Waals surface area contributed by atoms with E-state index in [-0.39, 0.29) is 23.0 Å². The van der Waals surface area contributed by atoms with Crippen molar-refractivity contribution in [3.63, 3.8) is 0 Å². The molecule has 1 aliphatic rings. The highest BCUT2D eigenvalue weighted by Crippen LogP contribution is 2.49. The second-order valence-electron chi connectivity index (χ2n) is 2.80. The van der Waals surface area contributed by atoms with Gasteiger partial charge in [0.2, 0.25) is 11.5 Å². The number of phenolic OH excluding ortho intramolecular Hbond substituents is 2. The van der Waals surface area contributed by atoms with Crippen LogP contribution in [0, 0.1) is 0 Å². The number of phenols is 2. The fourth-order valence-corrected chi connectivity index (χ4v) is 1.83. The molecule has 2 rings (SSSR count). The molecule has 0 aromatic heterocycles. The molecule has 1 aromatic rings. The summed E-state index contributed by atoms with van der Waals surface area (Å²) in [5.74, 6) is 0.499. The second-order valence-corrected chi connectivity index (χ2v) is 3.65. The Kier molecular flexibility index (Phi) is 2.33. The summed E-state index contributed by atoms with van der Waals surface area (Å²) in [5, 5.41) is 19.3. The molecule has 1 heterocycles. The van der Waals surface area contributed by atoms with Crippen molar-refractivity contribution in [3.05, 3.63) is 6.07 Å². The fourth-order valence-electron chi connectivity index (χ4n) is 1.31. The van der Waals surface area contributed by atoms with Crippen LogP contribution >= 0.6 is 11.8 Å². The zero-order chi connectivity index (χ0) is 10.1. The summed E-state index contributed by atoms with van der Waals surface area (Å²) >= 11 is 1.34. The molecule has 0 fully saturated rings. The minimum Gasteiger partial charge on any atom is -0.504 e. The number of thioether (sulfide) groups is 1. The Labute approximate surface area is 85.5 Å². The van der Waals surface area contributed by atoms with Gasteiger partial charge in [0.15, 0.2) is 11.5 Å². The van der Waals surface area contributed by atoms with Gasteiger partial charge in [0, 0.05) is 6.07 Å². The molecule has 0 radical (unpaired) electrons. The largest absolute Gasteiger partial charge is 0.504 e. The van der Waals surface area contributed by atoms with Gasteiger partial charge in [-0.3, -0.25) is 0 Å². The maximum atomic E-state index is 9.72. The van der Waals surface area contributed by atoms with E-state index < -0.39 is 0 Å². The molecule has 0 unspecified atom stereocenters. The van der Waals surface area contributed by atoms with Crippen molar-refractivity contribution >= 4 is 11.8 Å².